The van der Waals surface area contributed by atoms with Crippen molar-refractivity contribution in [3.8, 4) is 0 Å². The molecule has 16 heavy (non-hydrogen) atoms. The summed E-state index contributed by atoms with van der Waals surface area (Å²) in [5.41, 5.74) is -0.281. The average Bonchev–Trinajstić information content (AvgIpc) is 2.42. The largest absolute Gasteiger partial charge is 0.0587 e. The van der Waals surface area contributed by atoms with E-state index < -0.39 is 38.2 Å². The second-order valence-corrected chi connectivity index (χ2v) is 4.07. The molecule has 90 valence electrons. The summed E-state index contributed by atoms with van der Waals surface area (Å²) in [6, 6.07) is 2.35. The van der Waals surface area contributed by atoms with Crippen molar-refractivity contribution in [2.75, 3.05) is 0 Å². The number of rotatable bonds is 3. The Morgan fingerprint density at radius 1 is 0.938 bits per heavy atom. The Morgan fingerprint density at radius 2 is 1.38 bits per heavy atom. The van der Waals surface area contributed by atoms with E-state index >= 15 is 0 Å². The summed E-state index contributed by atoms with van der Waals surface area (Å²) < 4.78 is 94.3. The van der Waals surface area contributed by atoms with Crippen LogP contribution in [0.2, 0.25) is 0 Å². The van der Waals surface area contributed by atoms with Crippen molar-refractivity contribution >= 4 is 0 Å². The molecule has 0 aliphatic carbocycles. The molecule has 0 aliphatic heterocycles. The van der Waals surface area contributed by atoms with E-state index in [1.165, 1.54) is 19.1 Å². The highest BCUT2D eigenvalue weighted by Crippen LogP contribution is 2.31. The van der Waals surface area contributed by atoms with Gasteiger partial charge in [-0.3, -0.25) is 0 Å². The summed E-state index contributed by atoms with van der Waals surface area (Å²) in [4.78, 5) is 0. The van der Waals surface area contributed by atoms with Gasteiger partial charge in [-0.2, -0.15) is 0 Å². The van der Waals surface area contributed by atoms with Crippen molar-refractivity contribution < 1.29 is 16.4 Å². The minimum absolute atomic E-state index is 0.118. The van der Waals surface area contributed by atoms with Gasteiger partial charge in [-0.05, 0) is 46.9 Å². The molecule has 0 nitrogen and oxygen atoms in total. The van der Waals surface area contributed by atoms with E-state index in [-0.39, 0.29) is 22.3 Å². The summed E-state index contributed by atoms with van der Waals surface area (Å²) >= 11 is 0. The highest BCUT2D eigenvalue weighted by molar-refractivity contribution is 5.42. The Kier molecular flexibility index (Phi) is 1.31. The molecule has 1 aromatic rings. The summed E-state index contributed by atoms with van der Waals surface area (Å²) in [7, 11) is 0. The maximum atomic E-state index is 8.41. The van der Waals surface area contributed by atoms with Gasteiger partial charge < -0.3 is 0 Å². The van der Waals surface area contributed by atoms with E-state index in [2.05, 4.69) is 0 Å². The van der Waals surface area contributed by atoms with Gasteiger partial charge in [0.15, 0.2) is 0 Å². The van der Waals surface area contributed by atoms with E-state index in [0.717, 1.165) is 20.8 Å². The first-order valence-corrected chi connectivity index (χ1v) is 5.15. The standard InChI is InChI=1S/C16H26/c1-10(2)14-8-15(11(3)4)13(7)16(9-14)12(5)6/h8-12H,1-7H3/i1D3,3D3,5D3,10D,11D,12D. The molecular formula is C16H26. The quantitative estimate of drug-likeness (QED) is 0.655. The fraction of sp³-hybridized carbons (Fsp3) is 0.625. The molecule has 1 aromatic carbocycles. The molecule has 0 heteroatoms. The van der Waals surface area contributed by atoms with Crippen LogP contribution in [-0.4, -0.2) is 0 Å². The lowest BCUT2D eigenvalue weighted by Gasteiger charge is -2.20. The molecule has 3 atom stereocenters. The second-order valence-electron chi connectivity index (χ2n) is 4.07. The highest BCUT2D eigenvalue weighted by Gasteiger charge is 2.13. The Balaban J connectivity index is 4.06. The van der Waals surface area contributed by atoms with Crippen LogP contribution >= 0.6 is 0 Å². The highest BCUT2D eigenvalue weighted by atomic mass is 14.2. The first kappa shape index (κ1) is 4.15. The molecule has 0 aliphatic rings. The minimum Gasteiger partial charge on any atom is -0.0587 e. The van der Waals surface area contributed by atoms with Gasteiger partial charge in [0.1, 0.15) is 0 Å². The van der Waals surface area contributed by atoms with Crippen LogP contribution < -0.4 is 0 Å². The predicted octanol–water partition coefficient (Wildman–Crippen LogP) is 5.37. The average molecular weight is 230 g/mol. The Morgan fingerprint density at radius 3 is 1.75 bits per heavy atom. The van der Waals surface area contributed by atoms with Gasteiger partial charge in [0.25, 0.3) is 0 Å². The molecule has 0 bridgehead atoms. The van der Waals surface area contributed by atoms with Crippen molar-refractivity contribution in [3.63, 3.8) is 0 Å². The SMILES string of the molecule is [2H]C([2H])([2H])C([2H])(C)c1cc(C([2H])(C)C([2H])([2H])[2H])c(C)c(C([2H])(C)C([2H])([2H])[2H])c1. The van der Waals surface area contributed by atoms with Gasteiger partial charge in [0.05, 0.1) is 0 Å². The van der Waals surface area contributed by atoms with Crippen molar-refractivity contribution in [3.05, 3.63) is 34.4 Å². The fourth-order valence-electron chi connectivity index (χ4n) is 1.71. The van der Waals surface area contributed by atoms with E-state index in [9.17, 15) is 0 Å². The summed E-state index contributed by atoms with van der Waals surface area (Å²) in [6.45, 7) is -3.61. The third kappa shape index (κ3) is 2.66. The van der Waals surface area contributed by atoms with E-state index in [1.807, 2.05) is 0 Å². The zero-order valence-corrected chi connectivity index (χ0v) is 10.2. The molecular weight excluding hydrogens is 192 g/mol. The molecule has 0 spiro atoms. The van der Waals surface area contributed by atoms with Crippen LogP contribution in [0.25, 0.3) is 0 Å². The Bertz CT molecular complexity index is 684. The van der Waals surface area contributed by atoms with Crippen LogP contribution in [0.3, 0.4) is 0 Å². The number of hydrogen-bond acceptors (Lipinski definition) is 0. The molecule has 0 saturated heterocycles. The molecule has 0 radical (unpaired) electrons. The molecule has 0 heterocycles. The maximum absolute atomic E-state index is 8.41. The van der Waals surface area contributed by atoms with E-state index in [0.29, 0.717) is 0 Å². The number of hydrogen-bond donors (Lipinski definition) is 0. The molecule has 0 saturated carbocycles. The summed E-state index contributed by atoms with van der Waals surface area (Å²) in [5, 5.41) is 0. The Hall–Kier alpha value is -0.780. The van der Waals surface area contributed by atoms with Crippen molar-refractivity contribution in [1.82, 2.24) is 0 Å². The normalized spacial score (nSPS) is 36.2. The van der Waals surface area contributed by atoms with Crippen LogP contribution in [0.1, 0.15) is 97.7 Å². The van der Waals surface area contributed by atoms with E-state index in [1.54, 1.807) is 0 Å². The first-order chi connectivity index (χ1) is 12.0. The fourth-order valence-corrected chi connectivity index (χ4v) is 1.71. The predicted molar refractivity (Wildman–Crippen MR) is 73.4 cm³/mol. The van der Waals surface area contributed by atoms with Crippen LogP contribution in [0.15, 0.2) is 12.1 Å². The molecule has 3 unspecified atom stereocenters. The van der Waals surface area contributed by atoms with Crippen LogP contribution in [0.5, 0.6) is 0 Å². The summed E-state index contributed by atoms with van der Waals surface area (Å²) in [5.74, 6) is -6.59. The molecule has 1 rings (SSSR count). The second kappa shape index (κ2) is 5.03. The van der Waals surface area contributed by atoms with Crippen LogP contribution in [-0.2, 0) is 0 Å². The van der Waals surface area contributed by atoms with Gasteiger partial charge in [-0.15, -0.1) is 0 Å². The van der Waals surface area contributed by atoms with Gasteiger partial charge in [0.2, 0.25) is 0 Å². The van der Waals surface area contributed by atoms with Crippen molar-refractivity contribution in [2.24, 2.45) is 0 Å². The first-order valence-electron chi connectivity index (χ1n) is 11.2. The maximum Gasteiger partial charge on any atom is 0.0347 e. The lowest BCUT2D eigenvalue weighted by molar-refractivity contribution is 0.792. The molecule has 0 amide bonds. The lowest BCUT2D eigenvalue weighted by Crippen LogP contribution is -2.03. The summed E-state index contributed by atoms with van der Waals surface area (Å²) in [6.07, 6.45) is 0. The zero-order valence-electron chi connectivity index (χ0n) is 22.2. The third-order valence-electron chi connectivity index (χ3n) is 2.65. The topological polar surface area (TPSA) is 0 Å². The molecule has 0 N–H and O–H groups in total. The smallest absolute Gasteiger partial charge is 0.0347 e. The molecule has 0 fully saturated rings. The monoisotopic (exact) mass is 230 g/mol. The van der Waals surface area contributed by atoms with Gasteiger partial charge >= 0.3 is 0 Å². The molecule has 0 aromatic heterocycles. The van der Waals surface area contributed by atoms with Gasteiger partial charge in [0, 0.05) is 16.4 Å². The van der Waals surface area contributed by atoms with Crippen molar-refractivity contribution in [2.45, 2.75) is 65.9 Å². The van der Waals surface area contributed by atoms with Crippen molar-refractivity contribution in [1.29, 1.82) is 0 Å². The number of benzene rings is 1. The zero-order chi connectivity index (χ0) is 22.7. The van der Waals surface area contributed by atoms with Crippen LogP contribution in [0, 0.1) is 6.92 Å². The van der Waals surface area contributed by atoms with E-state index in [4.69, 9.17) is 16.4 Å². The minimum atomic E-state index is -2.80. The third-order valence-corrected chi connectivity index (χ3v) is 2.65. The van der Waals surface area contributed by atoms with Gasteiger partial charge in [-0.1, -0.05) is 53.5 Å². The van der Waals surface area contributed by atoms with Gasteiger partial charge in [-0.25, -0.2) is 0 Å². The lowest BCUT2D eigenvalue weighted by atomic mass is 9.85. The Labute approximate surface area is 118 Å². The van der Waals surface area contributed by atoms with Crippen LogP contribution in [0.4, 0.5) is 0 Å².